The SMILES string of the molecule is COc1ccc(C(CC(=O)O)NC(=O)c2cccc(=O)n2C)cc1OC. The molecule has 8 heteroatoms. The van der Waals surface area contributed by atoms with Crippen LogP contribution in [0, 0.1) is 0 Å². The average molecular weight is 360 g/mol. The molecule has 1 aromatic carbocycles. The number of hydrogen-bond acceptors (Lipinski definition) is 5. The van der Waals surface area contributed by atoms with Crippen LogP contribution < -0.4 is 20.3 Å². The number of amides is 1. The third-order valence-electron chi connectivity index (χ3n) is 3.91. The van der Waals surface area contributed by atoms with Gasteiger partial charge in [-0.1, -0.05) is 12.1 Å². The second kappa shape index (κ2) is 8.19. The van der Waals surface area contributed by atoms with Gasteiger partial charge in [-0.25, -0.2) is 0 Å². The van der Waals surface area contributed by atoms with Crippen molar-refractivity contribution in [1.82, 2.24) is 9.88 Å². The Morgan fingerprint density at radius 1 is 1.15 bits per heavy atom. The van der Waals surface area contributed by atoms with Gasteiger partial charge in [0.05, 0.1) is 26.7 Å². The molecule has 138 valence electrons. The second-order valence-corrected chi connectivity index (χ2v) is 5.55. The molecule has 26 heavy (non-hydrogen) atoms. The van der Waals surface area contributed by atoms with Crippen molar-refractivity contribution in [2.45, 2.75) is 12.5 Å². The number of pyridine rings is 1. The Morgan fingerprint density at radius 2 is 1.85 bits per heavy atom. The van der Waals surface area contributed by atoms with Crippen LogP contribution in [0.15, 0.2) is 41.2 Å². The maximum Gasteiger partial charge on any atom is 0.305 e. The van der Waals surface area contributed by atoms with Gasteiger partial charge in [0.1, 0.15) is 5.69 Å². The third kappa shape index (κ3) is 4.21. The first kappa shape index (κ1) is 19.0. The highest BCUT2D eigenvalue weighted by Crippen LogP contribution is 2.31. The smallest absolute Gasteiger partial charge is 0.305 e. The van der Waals surface area contributed by atoms with E-state index in [-0.39, 0.29) is 17.7 Å². The van der Waals surface area contributed by atoms with E-state index in [1.165, 1.54) is 44.0 Å². The number of aromatic nitrogens is 1. The third-order valence-corrected chi connectivity index (χ3v) is 3.91. The van der Waals surface area contributed by atoms with E-state index in [0.717, 1.165) is 0 Å². The van der Waals surface area contributed by atoms with Gasteiger partial charge in [-0.3, -0.25) is 14.4 Å². The molecule has 1 aromatic heterocycles. The minimum absolute atomic E-state index is 0.133. The molecule has 8 nitrogen and oxygen atoms in total. The molecular weight excluding hydrogens is 340 g/mol. The van der Waals surface area contributed by atoms with Gasteiger partial charge in [-0.15, -0.1) is 0 Å². The fraction of sp³-hybridized carbons (Fsp3) is 0.278. The fourth-order valence-electron chi connectivity index (χ4n) is 2.52. The monoisotopic (exact) mass is 360 g/mol. The largest absolute Gasteiger partial charge is 0.493 e. The lowest BCUT2D eigenvalue weighted by atomic mass is 10.0. The molecule has 2 aromatic rings. The molecule has 1 unspecified atom stereocenters. The highest BCUT2D eigenvalue weighted by atomic mass is 16.5. The Balaban J connectivity index is 2.36. The summed E-state index contributed by atoms with van der Waals surface area (Å²) in [6, 6.07) is 8.38. The summed E-state index contributed by atoms with van der Waals surface area (Å²) in [4.78, 5) is 35.5. The summed E-state index contributed by atoms with van der Waals surface area (Å²) in [7, 11) is 4.43. The van der Waals surface area contributed by atoms with Crippen molar-refractivity contribution in [3.63, 3.8) is 0 Å². The Kier molecular flexibility index (Phi) is 6.00. The zero-order chi connectivity index (χ0) is 19.3. The molecule has 0 aliphatic heterocycles. The lowest BCUT2D eigenvalue weighted by Crippen LogP contribution is -2.34. The van der Waals surface area contributed by atoms with Crippen molar-refractivity contribution in [3.8, 4) is 11.5 Å². The van der Waals surface area contributed by atoms with Gasteiger partial charge in [-0.05, 0) is 23.8 Å². The quantitative estimate of drug-likeness (QED) is 0.772. The first-order valence-corrected chi connectivity index (χ1v) is 7.78. The van der Waals surface area contributed by atoms with Crippen molar-refractivity contribution in [3.05, 3.63) is 58.0 Å². The number of aliphatic carboxylic acids is 1. The van der Waals surface area contributed by atoms with E-state index in [1.54, 1.807) is 18.2 Å². The maximum absolute atomic E-state index is 12.5. The molecule has 0 bridgehead atoms. The minimum atomic E-state index is -1.08. The minimum Gasteiger partial charge on any atom is -0.493 e. The Morgan fingerprint density at radius 3 is 2.46 bits per heavy atom. The van der Waals surface area contributed by atoms with E-state index in [1.807, 2.05) is 0 Å². The molecule has 0 spiro atoms. The van der Waals surface area contributed by atoms with Gasteiger partial charge >= 0.3 is 5.97 Å². The van der Waals surface area contributed by atoms with Crippen LogP contribution in [0.4, 0.5) is 0 Å². The first-order valence-electron chi connectivity index (χ1n) is 7.78. The lowest BCUT2D eigenvalue weighted by molar-refractivity contribution is -0.137. The van der Waals surface area contributed by atoms with Crippen LogP contribution in [0.1, 0.15) is 28.5 Å². The molecule has 0 saturated carbocycles. The molecule has 1 amide bonds. The number of carboxylic acid groups (broad SMARTS) is 1. The molecule has 0 aliphatic carbocycles. The van der Waals surface area contributed by atoms with Gasteiger partial charge in [-0.2, -0.15) is 0 Å². The van der Waals surface area contributed by atoms with Crippen LogP contribution >= 0.6 is 0 Å². The number of carboxylic acids is 1. The van der Waals surface area contributed by atoms with Gasteiger partial charge in [0, 0.05) is 13.1 Å². The number of carbonyl (C=O) groups is 2. The van der Waals surface area contributed by atoms with Crippen molar-refractivity contribution in [2.24, 2.45) is 7.05 Å². The average Bonchev–Trinajstić information content (AvgIpc) is 2.62. The molecule has 0 aliphatic rings. The highest BCUT2D eigenvalue weighted by Gasteiger charge is 2.21. The summed E-state index contributed by atoms with van der Waals surface area (Å²) in [6.07, 6.45) is -0.331. The van der Waals surface area contributed by atoms with Crippen molar-refractivity contribution in [2.75, 3.05) is 14.2 Å². The second-order valence-electron chi connectivity index (χ2n) is 5.55. The van der Waals surface area contributed by atoms with Crippen LogP contribution in [0.5, 0.6) is 11.5 Å². The summed E-state index contributed by atoms with van der Waals surface area (Å²) in [6.45, 7) is 0. The fourth-order valence-corrected chi connectivity index (χ4v) is 2.52. The standard InChI is InChI=1S/C18H20N2O6/c1-20-13(5-4-6-16(20)21)18(24)19-12(10-17(22)23)11-7-8-14(25-2)15(9-11)26-3/h4-9,12H,10H2,1-3H3,(H,19,24)(H,22,23). The van der Waals surface area contributed by atoms with E-state index < -0.39 is 17.9 Å². The van der Waals surface area contributed by atoms with Crippen molar-refractivity contribution >= 4 is 11.9 Å². The van der Waals surface area contributed by atoms with E-state index in [4.69, 9.17) is 9.47 Å². The highest BCUT2D eigenvalue weighted by molar-refractivity contribution is 5.93. The molecule has 0 fully saturated rings. The van der Waals surface area contributed by atoms with Crippen LogP contribution in [0.2, 0.25) is 0 Å². The number of hydrogen-bond donors (Lipinski definition) is 2. The number of rotatable bonds is 7. The molecule has 1 heterocycles. The number of nitrogens with one attached hydrogen (secondary N) is 1. The number of nitrogens with zero attached hydrogens (tertiary/aromatic N) is 1. The van der Waals surface area contributed by atoms with Crippen molar-refractivity contribution < 1.29 is 24.2 Å². The van der Waals surface area contributed by atoms with Gasteiger partial charge in [0.15, 0.2) is 11.5 Å². The predicted molar refractivity (Wildman–Crippen MR) is 93.7 cm³/mol. The zero-order valence-electron chi connectivity index (χ0n) is 14.7. The number of carbonyl (C=O) groups excluding carboxylic acids is 1. The number of ether oxygens (including phenoxy) is 2. The van der Waals surface area contributed by atoms with Gasteiger partial charge in [0.2, 0.25) is 0 Å². The number of benzene rings is 1. The van der Waals surface area contributed by atoms with Gasteiger partial charge < -0.3 is 24.5 Å². The van der Waals surface area contributed by atoms with Crippen LogP contribution in [-0.4, -0.2) is 35.8 Å². The molecule has 0 radical (unpaired) electrons. The molecular formula is C18H20N2O6. The van der Waals surface area contributed by atoms with Crippen LogP contribution in [-0.2, 0) is 11.8 Å². The first-order chi connectivity index (χ1) is 12.4. The molecule has 0 saturated heterocycles. The van der Waals surface area contributed by atoms with Crippen LogP contribution in [0.25, 0.3) is 0 Å². The summed E-state index contributed by atoms with van der Waals surface area (Å²) < 4.78 is 11.6. The van der Waals surface area contributed by atoms with Crippen LogP contribution in [0.3, 0.4) is 0 Å². The molecule has 1 atom stereocenters. The number of methoxy groups -OCH3 is 2. The van der Waals surface area contributed by atoms with Gasteiger partial charge in [0.25, 0.3) is 11.5 Å². The zero-order valence-corrected chi connectivity index (χ0v) is 14.7. The Hall–Kier alpha value is -3.29. The topological polar surface area (TPSA) is 107 Å². The normalized spacial score (nSPS) is 11.5. The van der Waals surface area contributed by atoms with E-state index in [9.17, 15) is 19.5 Å². The predicted octanol–water partition coefficient (Wildman–Crippen LogP) is 1.35. The Bertz CT molecular complexity index is 874. The Labute approximate surface area is 150 Å². The summed E-state index contributed by atoms with van der Waals surface area (Å²) in [5.74, 6) is -0.720. The summed E-state index contributed by atoms with van der Waals surface area (Å²) >= 11 is 0. The van der Waals surface area contributed by atoms with E-state index in [0.29, 0.717) is 17.1 Å². The van der Waals surface area contributed by atoms with Crippen molar-refractivity contribution in [1.29, 1.82) is 0 Å². The maximum atomic E-state index is 12.5. The van der Waals surface area contributed by atoms with E-state index >= 15 is 0 Å². The molecule has 2 rings (SSSR count). The summed E-state index contributed by atoms with van der Waals surface area (Å²) in [5, 5.41) is 11.9. The van der Waals surface area contributed by atoms with E-state index in [2.05, 4.69) is 5.32 Å². The summed E-state index contributed by atoms with van der Waals surface area (Å²) in [5.41, 5.74) is 0.339. The molecule has 2 N–H and O–H groups in total. The lowest BCUT2D eigenvalue weighted by Gasteiger charge is -2.19.